The second-order valence-electron chi connectivity index (χ2n) is 5.61. The highest BCUT2D eigenvalue weighted by molar-refractivity contribution is 6.36. The van der Waals surface area contributed by atoms with E-state index in [0.717, 1.165) is 41.5 Å². The van der Waals surface area contributed by atoms with E-state index in [1.807, 2.05) is 18.2 Å². The molecule has 0 aliphatic rings. The Morgan fingerprint density at radius 2 is 1.74 bits per heavy atom. The maximum atomic E-state index is 6.29. The second-order valence-corrected chi connectivity index (χ2v) is 6.43. The van der Waals surface area contributed by atoms with Gasteiger partial charge in [0, 0.05) is 16.6 Å². The molecule has 108 valence electrons. The molecule has 1 N–H and O–H groups in total. The van der Waals surface area contributed by atoms with Gasteiger partial charge in [-0.2, -0.15) is 0 Å². The van der Waals surface area contributed by atoms with Crippen LogP contribution in [-0.2, 0) is 6.42 Å². The molecule has 0 spiro atoms. The van der Waals surface area contributed by atoms with Crippen molar-refractivity contribution in [3.63, 3.8) is 0 Å². The molecule has 0 saturated heterocycles. The first-order chi connectivity index (χ1) is 9.02. The number of rotatable bonds is 8. The largest absolute Gasteiger partial charge is 0.316 e. The van der Waals surface area contributed by atoms with Crippen LogP contribution in [0.15, 0.2) is 18.2 Å². The first-order valence-corrected chi connectivity index (χ1v) is 7.91. The molecule has 0 amide bonds. The summed E-state index contributed by atoms with van der Waals surface area (Å²) in [6.45, 7) is 8.81. The minimum Gasteiger partial charge on any atom is -0.316 e. The van der Waals surface area contributed by atoms with Crippen LogP contribution >= 0.6 is 23.2 Å². The number of hydrogen-bond acceptors (Lipinski definition) is 1. The molecule has 3 heteroatoms. The molecule has 1 nitrogen and oxygen atoms in total. The normalized spacial score (nSPS) is 14.4. The number of halogens is 2. The maximum Gasteiger partial charge on any atom is 0.0453 e. The molecular weight excluding hydrogens is 277 g/mol. The monoisotopic (exact) mass is 301 g/mol. The fraction of sp³-hybridized carbons (Fsp3) is 0.625. The van der Waals surface area contributed by atoms with Crippen LogP contribution in [0.3, 0.4) is 0 Å². The van der Waals surface area contributed by atoms with Gasteiger partial charge in [-0.3, -0.25) is 0 Å². The van der Waals surface area contributed by atoms with Crippen molar-refractivity contribution in [1.29, 1.82) is 0 Å². The first kappa shape index (κ1) is 16.8. The van der Waals surface area contributed by atoms with Crippen molar-refractivity contribution in [2.24, 2.45) is 5.41 Å². The summed E-state index contributed by atoms with van der Waals surface area (Å²) in [5.41, 5.74) is 1.29. The summed E-state index contributed by atoms with van der Waals surface area (Å²) in [7, 11) is 0. The lowest BCUT2D eigenvalue weighted by molar-refractivity contribution is 0.276. The van der Waals surface area contributed by atoms with Crippen LogP contribution in [0.5, 0.6) is 0 Å². The molecule has 1 rings (SSSR count). The van der Waals surface area contributed by atoms with Gasteiger partial charge in [-0.05, 0) is 48.9 Å². The van der Waals surface area contributed by atoms with Crippen molar-refractivity contribution in [2.75, 3.05) is 13.1 Å². The van der Waals surface area contributed by atoms with Crippen molar-refractivity contribution in [2.45, 2.75) is 46.5 Å². The van der Waals surface area contributed by atoms with E-state index in [4.69, 9.17) is 23.2 Å². The predicted octanol–water partition coefficient (Wildman–Crippen LogP) is 5.34. The highest BCUT2D eigenvalue weighted by atomic mass is 35.5. The van der Waals surface area contributed by atoms with Gasteiger partial charge < -0.3 is 5.32 Å². The molecule has 1 atom stereocenters. The maximum absolute atomic E-state index is 6.29. The first-order valence-electron chi connectivity index (χ1n) is 7.16. The standard InChI is InChI=1S/C16H25Cl2N/c1-4-9-16(3,12-19-10-5-2)11-13-14(17)7-6-8-15(13)18/h6-8,19H,4-5,9-12H2,1-3H3. The van der Waals surface area contributed by atoms with Gasteiger partial charge in [0.25, 0.3) is 0 Å². The van der Waals surface area contributed by atoms with Crippen LogP contribution in [-0.4, -0.2) is 13.1 Å². The molecule has 0 heterocycles. The Kier molecular flexibility index (Phi) is 7.20. The zero-order chi connectivity index (χ0) is 14.3. The van der Waals surface area contributed by atoms with E-state index >= 15 is 0 Å². The molecule has 0 bridgehead atoms. The Hall–Kier alpha value is -0.240. The van der Waals surface area contributed by atoms with Crippen molar-refractivity contribution < 1.29 is 0 Å². The van der Waals surface area contributed by atoms with Gasteiger partial charge in [0.1, 0.15) is 0 Å². The average molecular weight is 302 g/mol. The van der Waals surface area contributed by atoms with Gasteiger partial charge in [-0.15, -0.1) is 0 Å². The minimum absolute atomic E-state index is 0.207. The zero-order valence-corrected chi connectivity index (χ0v) is 13.7. The zero-order valence-electron chi connectivity index (χ0n) is 12.2. The smallest absolute Gasteiger partial charge is 0.0453 e. The Morgan fingerprint density at radius 3 is 2.26 bits per heavy atom. The summed E-state index contributed by atoms with van der Waals surface area (Å²) in [5.74, 6) is 0. The number of benzene rings is 1. The lowest BCUT2D eigenvalue weighted by Gasteiger charge is -2.30. The van der Waals surface area contributed by atoms with Crippen molar-refractivity contribution in [3.8, 4) is 0 Å². The molecule has 0 fully saturated rings. The second kappa shape index (κ2) is 8.14. The van der Waals surface area contributed by atoms with E-state index in [-0.39, 0.29) is 5.41 Å². The van der Waals surface area contributed by atoms with Gasteiger partial charge in [0.2, 0.25) is 0 Å². The van der Waals surface area contributed by atoms with Crippen molar-refractivity contribution in [3.05, 3.63) is 33.8 Å². The number of nitrogens with one attached hydrogen (secondary N) is 1. The summed E-state index contributed by atoms with van der Waals surface area (Å²) >= 11 is 12.6. The lowest BCUT2D eigenvalue weighted by Crippen LogP contribution is -2.34. The molecule has 0 aliphatic carbocycles. The van der Waals surface area contributed by atoms with E-state index in [1.165, 1.54) is 12.8 Å². The Balaban J connectivity index is 2.82. The Bertz CT molecular complexity index is 372. The lowest BCUT2D eigenvalue weighted by atomic mass is 9.79. The summed E-state index contributed by atoms with van der Waals surface area (Å²) in [4.78, 5) is 0. The number of hydrogen-bond donors (Lipinski definition) is 1. The van der Waals surface area contributed by atoms with Gasteiger partial charge in [-0.25, -0.2) is 0 Å². The SMILES string of the molecule is CCCNCC(C)(CCC)Cc1c(Cl)cccc1Cl. The molecule has 0 aliphatic heterocycles. The minimum atomic E-state index is 0.207. The van der Waals surface area contributed by atoms with Gasteiger partial charge in [-0.1, -0.05) is 56.5 Å². The summed E-state index contributed by atoms with van der Waals surface area (Å²) < 4.78 is 0. The van der Waals surface area contributed by atoms with Crippen LogP contribution in [0.4, 0.5) is 0 Å². The summed E-state index contributed by atoms with van der Waals surface area (Å²) in [5, 5.41) is 5.10. The van der Waals surface area contributed by atoms with Crippen LogP contribution < -0.4 is 5.32 Å². The molecule has 0 aromatic heterocycles. The molecule has 1 unspecified atom stereocenters. The Morgan fingerprint density at radius 1 is 1.11 bits per heavy atom. The topological polar surface area (TPSA) is 12.0 Å². The van der Waals surface area contributed by atoms with Crippen LogP contribution in [0.2, 0.25) is 10.0 Å². The third-order valence-corrected chi connectivity index (χ3v) is 4.21. The van der Waals surface area contributed by atoms with E-state index in [0.29, 0.717) is 0 Å². The van der Waals surface area contributed by atoms with Gasteiger partial charge in [0.05, 0.1) is 0 Å². The molecule has 1 aromatic carbocycles. The molecule has 19 heavy (non-hydrogen) atoms. The highest BCUT2D eigenvalue weighted by Gasteiger charge is 2.25. The molecule has 0 saturated carbocycles. The van der Waals surface area contributed by atoms with Crippen molar-refractivity contribution >= 4 is 23.2 Å². The van der Waals surface area contributed by atoms with Crippen LogP contribution in [0.25, 0.3) is 0 Å². The fourth-order valence-corrected chi connectivity index (χ4v) is 3.07. The van der Waals surface area contributed by atoms with Gasteiger partial charge >= 0.3 is 0 Å². The molecular formula is C16H25Cl2N. The Labute approximate surface area is 127 Å². The summed E-state index contributed by atoms with van der Waals surface area (Å²) in [6.07, 6.45) is 4.43. The van der Waals surface area contributed by atoms with Crippen LogP contribution in [0, 0.1) is 5.41 Å². The third-order valence-electron chi connectivity index (χ3n) is 3.50. The van der Waals surface area contributed by atoms with E-state index in [2.05, 4.69) is 26.1 Å². The highest BCUT2D eigenvalue weighted by Crippen LogP contribution is 2.34. The quantitative estimate of drug-likeness (QED) is 0.639. The molecule has 0 radical (unpaired) electrons. The van der Waals surface area contributed by atoms with Crippen LogP contribution in [0.1, 0.15) is 45.6 Å². The van der Waals surface area contributed by atoms with E-state index in [9.17, 15) is 0 Å². The molecule has 1 aromatic rings. The van der Waals surface area contributed by atoms with Gasteiger partial charge in [0.15, 0.2) is 0 Å². The third kappa shape index (κ3) is 5.33. The fourth-order valence-electron chi connectivity index (χ4n) is 2.54. The van der Waals surface area contributed by atoms with Crippen molar-refractivity contribution in [1.82, 2.24) is 5.32 Å². The van der Waals surface area contributed by atoms with E-state index in [1.54, 1.807) is 0 Å². The van der Waals surface area contributed by atoms with E-state index < -0.39 is 0 Å². The average Bonchev–Trinajstić information content (AvgIpc) is 2.35. The predicted molar refractivity (Wildman–Crippen MR) is 86.3 cm³/mol. The summed E-state index contributed by atoms with van der Waals surface area (Å²) in [6, 6.07) is 5.75.